The second-order valence-electron chi connectivity index (χ2n) is 5.52. The first-order chi connectivity index (χ1) is 8.53. The van der Waals surface area contributed by atoms with Crippen molar-refractivity contribution in [3.05, 3.63) is 0 Å². The summed E-state index contributed by atoms with van der Waals surface area (Å²) in [7, 11) is 0. The van der Waals surface area contributed by atoms with Crippen LogP contribution in [0.5, 0.6) is 0 Å². The molecule has 0 spiro atoms. The zero-order chi connectivity index (χ0) is 13.2. The van der Waals surface area contributed by atoms with Gasteiger partial charge in [0.05, 0.1) is 5.54 Å². The number of hydrogen-bond acceptors (Lipinski definition) is 3. The molecule has 1 saturated heterocycles. The van der Waals surface area contributed by atoms with E-state index in [4.69, 9.17) is 5.73 Å². The molecular formula is C13H23N3O2. The molecule has 2 amide bonds. The van der Waals surface area contributed by atoms with Crippen LogP contribution in [0.4, 0.5) is 0 Å². The largest absolute Gasteiger partial charge is 0.341 e. The number of nitrogens with zero attached hydrogens (tertiary/aromatic N) is 2. The highest BCUT2D eigenvalue weighted by Crippen LogP contribution is 2.29. The summed E-state index contributed by atoms with van der Waals surface area (Å²) in [6.07, 6.45) is 4.56. The van der Waals surface area contributed by atoms with Gasteiger partial charge in [-0.25, -0.2) is 0 Å². The molecule has 1 aliphatic carbocycles. The van der Waals surface area contributed by atoms with Crippen LogP contribution in [-0.2, 0) is 9.59 Å². The molecule has 2 rings (SSSR count). The average molecular weight is 253 g/mol. The summed E-state index contributed by atoms with van der Waals surface area (Å²) in [5.74, 6) is 0.179. The maximum atomic E-state index is 12.4. The lowest BCUT2D eigenvalue weighted by atomic mass is 9.97. The normalized spacial score (nSPS) is 23.9. The zero-order valence-electron chi connectivity index (χ0n) is 11.2. The molecule has 2 N–H and O–H groups in total. The van der Waals surface area contributed by atoms with E-state index in [0.29, 0.717) is 13.1 Å². The quantitative estimate of drug-likeness (QED) is 0.732. The molecule has 0 atom stereocenters. The van der Waals surface area contributed by atoms with Crippen LogP contribution in [-0.4, -0.2) is 53.3 Å². The van der Waals surface area contributed by atoms with Crippen LogP contribution >= 0.6 is 0 Å². The second kappa shape index (κ2) is 5.26. The van der Waals surface area contributed by atoms with E-state index < -0.39 is 5.54 Å². The van der Waals surface area contributed by atoms with Crippen molar-refractivity contribution < 1.29 is 9.59 Å². The Morgan fingerprint density at radius 1 is 0.944 bits per heavy atom. The molecule has 2 aliphatic rings. The van der Waals surface area contributed by atoms with Crippen LogP contribution in [0.2, 0.25) is 0 Å². The number of nitrogens with two attached hydrogens (primary N) is 1. The van der Waals surface area contributed by atoms with Crippen molar-refractivity contribution >= 4 is 11.8 Å². The average Bonchev–Trinajstić information content (AvgIpc) is 2.65. The lowest BCUT2D eigenvalue weighted by Gasteiger charge is -2.30. The van der Waals surface area contributed by atoms with Gasteiger partial charge < -0.3 is 15.5 Å². The lowest BCUT2D eigenvalue weighted by molar-refractivity contribution is -0.137. The summed E-state index contributed by atoms with van der Waals surface area (Å²) in [4.78, 5) is 27.5. The molecule has 5 heteroatoms. The SMILES string of the molecule is CC(=O)N1CCCN(C(=O)C2(N)CCCC2)CC1. The Morgan fingerprint density at radius 2 is 1.50 bits per heavy atom. The number of carbonyl (C=O) groups excluding carboxylic acids is 2. The summed E-state index contributed by atoms with van der Waals surface area (Å²) >= 11 is 0. The highest BCUT2D eigenvalue weighted by atomic mass is 16.2. The molecule has 0 radical (unpaired) electrons. The molecular weight excluding hydrogens is 230 g/mol. The van der Waals surface area contributed by atoms with Crippen molar-refractivity contribution in [2.24, 2.45) is 5.73 Å². The Labute approximate surface area is 108 Å². The van der Waals surface area contributed by atoms with Crippen LogP contribution in [0.15, 0.2) is 0 Å². The molecule has 2 fully saturated rings. The Balaban J connectivity index is 1.97. The first-order valence-corrected chi connectivity index (χ1v) is 6.87. The third kappa shape index (κ3) is 2.66. The molecule has 1 aliphatic heterocycles. The minimum absolute atomic E-state index is 0.0883. The topological polar surface area (TPSA) is 66.6 Å². The van der Waals surface area contributed by atoms with E-state index in [0.717, 1.165) is 45.2 Å². The predicted octanol–water partition coefficient (Wildman–Crippen LogP) is 0.339. The highest BCUT2D eigenvalue weighted by Gasteiger charge is 2.40. The van der Waals surface area contributed by atoms with Gasteiger partial charge in [0.2, 0.25) is 11.8 Å². The van der Waals surface area contributed by atoms with Gasteiger partial charge in [0.1, 0.15) is 0 Å². The minimum atomic E-state index is -0.634. The molecule has 0 unspecified atom stereocenters. The first-order valence-electron chi connectivity index (χ1n) is 6.87. The highest BCUT2D eigenvalue weighted by molar-refractivity contribution is 5.86. The maximum absolute atomic E-state index is 12.4. The van der Waals surface area contributed by atoms with Crippen LogP contribution in [0.1, 0.15) is 39.0 Å². The van der Waals surface area contributed by atoms with Crippen molar-refractivity contribution in [2.75, 3.05) is 26.2 Å². The molecule has 0 aromatic carbocycles. The van der Waals surface area contributed by atoms with Crippen molar-refractivity contribution in [1.82, 2.24) is 9.80 Å². The minimum Gasteiger partial charge on any atom is -0.341 e. The van der Waals surface area contributed by atoms with E-state index in [1.54, 1.807) is 6.92 Å². The fraction of sp³-hybridized carbons (Fsp3) is 0.846. The fourth-order valence-corrected chi connectivity index (χ4v) is 2.97. The van der Waals surface area contributed by atoms with Gasteiger partial charge in [-0.3, -0.25) is 9.59 Å². The molecule has 5 nitrogen and oxygen atoms in total. The third-order valence-electron chi connectivity index (χ3n) is 4.15. The number of carbonyl (C=O) groups is 2. The summed E-state index contributed by atoms with van der Waals surface area (Å²) in [5.41, 5.74) is 5.57. The Morgan fingerprint density at radius 3 is 2.11 bits per heavy atom. The van der Waals surface area contributed by atoms with Crippen LogP contribution in [0, 0.1) is 0 Å². The van der Waals surface area contributed by atoms with E-state index >= 15 is 0 Å². The van der Waals surface area contributed by atoms with Gasteiger partial charge in [-0.05, 0) is 19.3 Å². The van der Waals surface area contributed by atoms with Crippen molar-refractivity contribution in [1.29, 1.82) is 0 Å². The first kappa shape index (κ1) is 13.3. The molecule has 1 saturated carbocycles. The van der Waals surface area contributed by atoms with Gasteiger partial charge in [0.25, 0.3) is 0 Å². The van der Waals surface area contributed by atoms with Crippen molar-refractivity contribution in [3.63, 3.8) is 0 Å². The van der Waals surface area contributed by atoms with Gasteiger partial charge in [0.15, 0.2) is 0 Å². The Bertz CT molecular complexity index is 337. The van der Waals surface area contributed by atoms with Gasteiger partial charge in [-0.1, -0.05) is 12.8 Å². The van der Waals surface area contributed by atoms with Gasteiger partial charge >= 0.3 is 0 Å². The van der Waals surface area contributed by atoms with Crippen LogP contribution in [0.25, 0.3) is 0 Å². The Kier molecular flexibility index (Phi) is 3.90. The van der Waals surface area contributed by atoms with E-state index in [9.17, 15) is 9.59 Å². The second-order valence-corrected chi connectivity index (χ2v) is 5.52. The zero-order valence-corrected chi connectivity index (χ0v) is 11.2. The molecule has 0 aromatic heterocycles. The van der Waals surface area contributed by atoms with Gasteiger partial charge in [-0.15, -0.1) is 0 Å². The predicted molar refractivity (Wildman–Crippen MR) is 68.8 cm³/mol. The van der Waals surface area contributed by atoms with Crippen molar-refractivity contribution in [3.8, 4) is 0 Å². The van der Waals surface area contributed by atoms with E-state index in [1.165, 1.54) is 0 Å². The molecule has 18 heavy (non-hydrogen) atoms. The molecule has 0 aromatic rings. The number of hydrogen-bond donors (Lipinski definition) is 1. The maximum Gasteiger partial charge on any atom is 0.242 e. The standard InChI is InChI=1S/C13H23N3O2/c1-11(17)15-7-4-8-16(10-9-15)12(18)13(14)5-2-3-6-13/h2-10,14H2,1H3. The number of amides is 2. The molecule has 102 valence electrons. The Hall–Kier alpha value is -1.10. The van der Waals surface area contributed by atoms with Gasteiger partial charge in [-0.2, -0.15) is 0 Å². The lowest BCUT2D eigenvalue weighted by Crippen LogP contribution is -2.54. The van der Waals surface area contributed by atoms with E-state index in [-0.39, 0.29) is 11.8 Å². The molecule has 0 bridgehead atoms. The number of rotatable bonds is 1. The summed E-state index contributed by atoms with van der Waals surface area (Å²) in [6.45, 7) is 4.31. The van der Waals surface area contributed by atoms with E-state index in [1.807, 2.05) is 9.80 Å². The smallest absolute Gasteiger partial charge is 0.242 e. The summed E-state index contributed by atoms with van der Waals surface area (Å²) < 4.78 is 0. The summed E-state index contributed by atoms with van der Waals surface area (Å²) in [5, 5.41) is 0. The van der Waals surface area contributed by atoms with E-state index in [2.05, 4.69) is 0 Å². The fourth-order valence-electron chi connectivity index (χ4n) is 2.97. The van der Waals surface area contributed by atoms with Crippen LogP contribution < -0.4 is 5.73 Å². The monoisotopic (exact) mass is 253 g/mol. The van der Waals surface area contributed by atoms with Gasteiger partial charge in [0, 0.05) is 33.1 Å². The molecule has 1 heterocycles. The third-order valence-corrected chi connectivity index (χ3v) is 4.15. The van der Waals surface area contributed by atoms with Crippen molar-refractivity contribution in [2.45, 2.75) is 44.6 Å². The van der Waals surface area contributed by atoms with Crippen LogP contribution in [0.3, 0.4) is 0 Å². The summed E-state index contributed by atoms with van der Waals surface area (Å²) in [6, 6.07) is 0.